The summed E-state index contributed by atoms with van der Waals surface area (Å²) in [6.07, 6.45) is 0. The summed E-state index contributed by atoms with van der Waals surface area (Å²) >= 11 is 6.00. The van der Waals surface area contributed by atoms with E-state index in [0.717, 1.165) is 21.9 Å². The molecule has 1 aliphatic rings. The highest BCUT2D eigenvalue weighted by Crippen LogP contribution is 2.44. The summed E-state index contributed by atoms with van der Waals surface area (Å²) in [7, 11) is 0. The molecule has 1 unspecified atom stereocenters. The second-order valence-corrected chi connectivity index (χ2v) is 6.03. The Bertz CT molecular complexity index is 942. The number of ether oxygens (including phenoxy) is 1. The predicted octanol–water partition coefficient (Wildman–Crippen LogP) is 5.10. The number of benzene rings is 3. The lowest BCUT2D eigenvalue weighted by atomic mass is 9.81. The van der Waals surface area contributed by atoms with Crippen LogP contribution < -0.4 is 4.74 Å². The summed E-state index contributed by atoms with van der Waals surface area (Å²) in [6, 6.07) is 19.4. The smallest absolute Gasteiger partial charge is 0.339 e. The minimum atomic E-state index is -0.382. The average Bonchev–Trinajstić information content (AvgIpc) is 2.57. The first-order valence-electron chi connectivity index (χ1n) is 7.33. The van der Waals surface area contributed by atoms with E-state index in [4.69, 9.17) is 16.3 Å². The van der Waals surface area contributed by atoms with Gasteiger partial charge in [0.15, 0.2) is 0 Å². The molecule has 0 saturated heterocycles. The van der Waals surface area contributed by atoms with E-state index in [0.29, 0.717) is 16.3 Å². The normalized spacial score (nSPS) is 17.0. The lowest BCUT2D eigenvalue weighted by molar-refractivity contribution is -0.131. The first-order valence-corrected chi connectivity index (χ1v) is 7.71. The lowest BCUT2D eigenvalue weighted by Crippen LogP contribution is -2.24. The van der Waals surface area contributed by atoms with Gasteiger partial charge in [-0.1, -0.05) is 60.6 Å². The molecule has 1 atom stereocenters. The van der Waals surface area contributed by atoms with Crippen LogP contribution in [0.4, 0.5) is 0 Å². The zero-order valence-electron chi connectivity index (χ0n) is 12.3. The van der Waals surface area contributed by atoms with Crippen molar-refractivity contribution >= 4 is 28.3 Å². The summed E-state index contributed by atoms with van der Waals surface area (Å²) in [4.78, 5) is 12.2. The minimum absolute atomic E-state index is 0.227. The fourth-order valence-corrected chi connectivity index (χ4v) is 3.27. The highest BCUT2D eigenvalue weighted by atomic mass is 35.5. The van der Waals surface area contributed by atoms with Crippen LogP contribution >= 0.6 is 11.6 Å². The third-order valence-corrected chi connectivity index (χ3v) is 4.49. The van der Waals surface area contributed by atoms with Gasteiger partial charge in [-0.15, -0.1) is 0 Å². The number of carbonyl (C=O) groups is 1. The number of esters is 1. The Morgan fingerprint density at radius 2 is 1.70 bits per heavy atom. The van der Waals surface area contributed by atoms with Gasteiger partial charge in [-0.25, -0.2) is 4.79 Å². The summed E-state index contributed by atoms with van der Waals surface area (Å²) < 4.78 is 5.46. The maximum Gasteiger partial charge on any atom is 0.339 e. The van der Waals surface area contributed by atoms with Crippen molar-refractivity contribution in [2.45, 2.75) is 5.92 Å². The zero-order chi connectivity index (χ0) is 16.0. The number of hydrogen-bond donors (Lipinski definition) is 0. The minimum Gasteiger partial charge on any atom is -0.423 e. The number of carbonyl (C=O) groups excluding carboxylic acids is 1. The van der Waals surface area contributed by atoms with Crippen LogP contribution in [0, 0.1) is 0 Å². The fourth-order valence-electron chi connectivity index (χ4n) is 3.14. The molecule has 0 amide bonds. The van der Waals surface area contributed by atoms with E-state index in [1.807, 2.05) is 60.7 Å². The van der Waals surface area contributed by atoms with Crippen LogP contribution in [-0.2, 0) is 4.79 Å². The monoisotopic (exact) mass is 320 g/mol. The van der Waals surface area contributed by atoms with E-state index in [1.165, 1.54) is 0 Å². The molecule has 3 aromatic carbocycles. The van der Waals surface area contributed by atoms with E-state index in [1.54, 1.807) is 0 Å². The van der Waals surface area contributed by atoms with Crippen molar-refractivity contribution in [3.05, 3.63) is 89.0 Å². The van der Waals surface area contributed by atoms with Gasteiger partial charge in [0.05, 0.1) is 0 Å². The van der Waals surface area contributed by atoms with E-state index in [2.05, 4.69) is 6.58 Å². The molecule has 0 bridgehead atoms. The third-order valence-electron chi connectivity index (χ3n) is 4.24. The molecule has 3 heteroatoms. The van der Waals surface area contributed by atoms with Gasteiger partial charge in [0, 0.05) is 22.1 Å². The third kappa shape index (κ3) is 2.23. The number of hydrogen-bond acceptors (Lipinski definition) is 2. The molecular formula is C20H13ClO2. The van der Waals surface area contributed by atoms with Crippen molar-refractivity contribution in [2.75, 3.05) is 0 Å². The van der Waals surface area contributed by atoms with E-state index < -0.39 is 0 Å². The Morgan fingerprint density at radius 1 is 0.957 bits per heavy atom. The molecule has 4 rings (SSSR count). The van der Waals surface area contributed by atoms with Gasteiger partial charge >= 0.3 is 5.97 Å². The van der Waals surface area contributed by atoms with Crippen LogP contribution in [0.5, 0.6) is 5.75 Å². The van der Waals surface area contributed by atoms with Gasteiger partial charge in [-0.3, -0.25) is 0 Å². The molecule has 0 aliphatic carbocycles. The summed E-state index contributed by atoms with van der Waals surface area (Å²) in [6.45, 7) is 3.97. The molecule has 0 saturated carbocycles. The largest absolute Gasteiger partial charge is 0.423 e. The molecule has 0 aromatic heterocycles. The van der Waals surface area contributed by atoms with Gasteiger partial charge in [-0.2, -0.15) is 0 Å². The standard InChI is InChI=1S/C20H13ClO2/c1-12-18(14-6-9-15(21)10-7-14)19-16-5-3-2-4-13(16)8-11-17(19)23-20(12)22/h2-11,18H,1H2. The summed E-state index contributed by atoms with van der Waals surface area (Å²) in [5.74, 6) is -0.0107. The van der Waals surface area contributed by atoms with Crippen molar-refractivity contribution in [1.82, 2.24) is 0 Å². The van der Waals surface area contributed by atoms with Crippen LogP contribution in [0.15, 0.2) is 72.8 Å². The Labute approximate surface area is 139 Å². The van der Waals surface area contributed by atoms with Gasteiger partial charge in [0.1, 0.15) is 5.75 Å². The van der Waals surface area contributed by atoms with Crippen LogP contribution in [-0.4, -0.2) is 5.97 Å². The van der Waals surface area contributed by atoms with Crippen LogP contribution in [0.25, 0.3) is 10.8 Å². The predicted molar refractivity (Wildman–Crippen MR) is 92.0 cm³/mol. The van der Waals surface area contributed by atoms with Crippen LogP contribution in [0.1, 0.15) is 17.0 Å². The van der Waals surface area contributed by atoms with Gasteiger partial charge in [0.2, 0.25) is 0 Å². The molecule has 112 valence electrons. The molecule has 0 N–H and O–H groups in total. The van der Waals surface area contributed by atoms with Gasteiger partial charge in [-0.05, 0) is 34.5 Å². The summed E-state index contributed by atoms with van der Waals surface area (Å²) in [5.41, 5.74) is 2.40. The SMILES string of the molecule is C=C1C(=O)Oc2ccc3ccccc3c2C1c1ccc(Cl)cc1. The molecule has 1 aliphatic heterocycles. The maximum atomic E-state index is 12.2. The van der Waals surface area contributed by atoms with E-state index in [-0.39, 0.29) is 11.9 Å². The van der Waals surface area contributed by atoms with Crippen molar-refractivity contribution in [2.24, 2.45) is 0 Å². The number of halogens is 1. The molecule has 0 fully saturated rings. The Balaban J connectivity index is 2.03. The van der Waals surface area contributed by atoms with Crippen LogP contribution in [0.3, 0.4) is 0 Å². The quantitative estimate of drug-likeness (QED) is 0.354. The summed E-state index contributed by atoms with van der Waals surface area (Å²) in [5, 5.41) is 2.84. The van der Waals surface area contributed by atoms with Crippen molar-refractivity contribution in [3.8, 4) is 5.75 Å². The Morgan fingerprint density at radius 3 is 2.48 bits per heavy atom. The fraction of sp³-hybridized carbons (Fsp3) is 0.0500. The van der Waals surface area contributed by atoms with E-state index >= 15 is 0 Å². The number of rotatable bonds is 1. The Kier molecular flexibility index (Phi) is 3.21. The van der Waals surface area contributed by atoms with E-state index in [9.17, 15) is 4.79 Å². The van der Waals surface area contributed by atoms with Crippen LogP contribution in [0.2, 0.25) is 5.02 Å². The second-order valence-electron chi connectivity index (χ2n) is 5.60. The van der Waals surface area contributed by atoms with Crippen molar-refractivity contribution < 1.29 is 9.53 Å². The highest BCUT2D eigenvalue weighted by molar-refractivity contribution is 6.30. The lowest BCUT2D eigenvalue weighted by Gasteiger charge is -2.28. The first-order chi connectivity index (χ1) is 11.1. The molecule has 3 aromatic rings. The average molecular weight is 321 g/mol. The molecule has 0 radical (unpaired) electrons. The topological polar surface area (TPSA) is 26.3 Å². The Hall–Kier alpha value is -2.58. The molecule has 1 heterocycles. The molecule has 2 nitrogen and oxygen atoms in total. The van der Waals surface area contributed by atoms with Crippen molar-refractivity contribution in [3.63, 3.8) is 0 Å². The molecule has 0 spiro atoms. The second kappa shape index (κ2) is 5.25. The highest BCUT2D eigenvalue weighted by Gasteiger charge is 2.33. The maximum absolute atomic E-state index is 12.2. The van der Waals surface area contributed by atoms with Crippen molar-refractivity contribution in [1.29, 1.82) is 0 Å². The number of fused-ring (bicyclic) bond motifs is 3. The zero-order valence-corrected chi connectivity index (χ0v) is 13.0. The van der Waals surface area contributed by atoms with Gasteiger partial charge in [0.25, 0.3) is 0 Å². The van der Waals surface area contributed by atoms with Gasteiger partial charge < -0.3 is 4.74 Å². The molecular weight excluding hydrogens is 308 g/mol. The molecule has 23 heavy (non-hydrogen) atoms. The first kappa shape index (κ1) is 14.0.